The number of hydrogen-bond donors (Lipinski definition) is 2. The highest BCUT2D eigenvalue weighted by molar-refractivity contribution is 6.30. The largest absolute Gasteiger partial charge is 0.388 e. The molecule has 1 aliphatic heterocycles. The summed E-state index contributed by atoms with van der Waals surface area (Å²) < 4.78 is 18.4. The van der Waals surface area contributed by atoms with Crippen LogP contribution in [0.4, 0.5) is 10.1 Å². The molecule has 1 fully saturated rings. The lowest BCUT2D eigenvalue weighted by molar-refractivity contribution is 0.125. The smallest absolute Gasteiger partial charge is 0.146 e. The molecule has 0 bridgehead atoms. The van der Waals surface area contributed by atoms with E-state index in [9.17, 15) is 9.50 Å². The van der Waals surface area contributed by atoms with Gasteiger partial charge in [-0.25, -0.2) is 4.39 Å². The van der Waals surface area contributed by atoms with Gasteiger partial charge in [0.15, 0.2) is 0 Å². The normalized spacial score (nSPS) is 25.5. The zero-order valence-corrected chi connectivity index (χ0v) is 8.67. The van der Waals surface area contributed by atoms with Crippen LogP contribution >= 0.6 is 11.6 Å². The molecule has 0 aromatic heterocycles. The number of hydrogen-bond acceptors (Lipinski definition) is 3. The quantitative estimate of drug-likeness (QED) is 0.813. The molecule has 2 rings (SSSR count). The van der Waals surface area contributed by atoms with Crippen LogP contribution in [0.15, 0.2) is 18.2 Å². The van der Waals surface area contributed by atoms with E-state index in [-0.39, 0.29) is 18.3 Å². The van der Waals surface area contributed by atoms with E-state index in [0.717, 1.165) is 0 Å². The monoisotopic (exact) mass is 231 g/mol. The molecule has 82 valence electrons. The molecule has 0 radical (unpaired) electrons. The van der Waals surface area contributed by atoms with Crippen LogP contribution in [0.5, 0.6) is 0 Å². The predicted octanol–water partition coefficient (Wildman–Crippen LogP) is 1.65. The number of rotatable bonds is 2. The Balaban J connectivity index is 2.12. The molecular weight excluding hydrogens is 221 g/mol. The first-order valence-corrected chi connectivity index (χ1v) is 5.02. The predicted molar refractivity (Wildman–Crippen MR) is 55.6 cm³/mol. The molecule has 15 heavy (non-hydrogen) atoms. The number of halogens is 2. The third kappa shape index (κ3) is 2.40. The molecule has 1 heterocycles. The molecule has 0 aliphatic carbocycles. The Morgan fingerprint density at radius 3 is 2.93 bits per heavy atom. The standard InChI is InChI=1S/C10H11ClFNO2/c11-6-1-2-7(12)8(3-6)13-9-4-15-5-10(9)14/h1-3,9-10,13-14H,4-5H2. The summed E-state index contributed by atoms with van der Waals surface area (Å²) >= 11 is 5.74. The topological polar surface area (TPSA) is 41.5 Å². The van der Waals surface area contributed by atoms with Gasteiger partial charge in [0.1, 0.15) is 5.82 Å². The molecule has 0 spiro atoms. The molecule has 2 atom stereocenters. The Bertz CT molecular complexity index is 361. The molecular formula is C10H11ClFNO2. The summed E-state index contributed by atoms with van der Waals surface area (Å²) in [6.45, 7) is 0.646. The lowest BCUT2D eigenvalue weighted by atomic mass is 10.2. The number of nitrogens with one attached hydrogen (secondary N) is 1. The lowest BCUT2D eigenvalue weighted by Gasteiger charge is -2.16. The van der Waals surface area contributed by atoms with Crippen LogP contribution < -0.4 is 5.32 Å². The van der Waals surface area contributed by atoms with Gasteiger partial charge in [-0.05, 0) is 18.2 Å². The molecule has 1 aromatic carbocycles. The second-order valence-electron chi connectivity index (χ2n) is 3.48. The minimum absolute atomic E-state index is 0.278. The summed E-state index contributed by atoms with van der Waals surface area (Å²) in [6, 6.07) is 3.97. The fraction of sp³-hybridized carbons (Fsp3) is 0.400. The summed E-state index contributed by atoms with van der Waals surface area (Å²) in [5.74, 6) is -0.390. The van der Waals surface area contributed by atoms with E-state index in [1.54, 1.807) is 0 Å². The van der Waals surface area contributed by atoms with E-state index in [2.05, 4.69) is 5.32 Å². The van der Waals surface area contributed by atoms with Gasteiger partial charge in [0.05, 0.1) is 31.0 Å². The van der Waals surface area contributed by atoms with E-state index >= 15 is 0 Å². The molecule has 5 heteroatoms. The Morgan fingerprint density at radius 2 is 2.27 bits per heavy atom. The fourth-order valence-corrected chi connectivity index (χ4v) is 1.66. The second-order valence-corrected chi connectivity index (χ2v) is 3.92. The number of benzene rings is 1. The summed E-state index contributed by atoms with van der Waals surface area (Å²) in [5, 5.41) is 12.8. The van der Waals surface area contributed by atoms with Crippen molar-refractivity contribution in [2.75, 3.05) is 18.5 Å². The van der Waals surface area contributed by atoms with E-state index in [1.165, 1.54) is 18.2 Å². The van der Waals surface area contributed by atoms with Gasteiger partial charge in [-0.15, -0.1) is 0 Å². The highest BCUT2D eigenvalue weighted by atomic mass is 35.5. The van der Waals surface area contributed by atoms with E-state index in [0.29, 0.717) is 11.6 Å². The van der Waals surface area contributed by atoms with Gasteiger partial charge in [-0.2, -0.15) is 0 Å². The first-order valence-electron chi connectivity index (χ1n) is 4.64. The Labute approximate surface area is 91.8 Å². The summed E-state index contributed by atoms with van der Waals surface area (Å²) in [4.78, 5) is 0. The molecule has 1 aliphatic rings. The average molecular weight is 232 g/mol. The van der Waals surface area contributed by atoms with Gasteiger partial charge in [0, 0.05) is 5.02 Å². The first-order chi connectivity index (χ1) is 7.16. The molecule has 1 saturated heterocycles. The fourth-order valence-electron chi connectivity index (χ4n) is 1.49. The molecule has 2 N–H and O–H groups in total. The molecule has 0 amide bonds. The van der Waals surface area contributed by atoms with Gasteiger partial charge < -0.3 is 15.2 Å². The van der Waals surface area contributed by atoms with Crippen molar-refractivity contribution in [1.29, 1.82) is 0 Å². The van der Waals surface area contributed by atoms with E-state index in [4.69, 9.17) is 16.3 Å². The van der Waals surface area contributed by atoms with Crippen molar-refractivity contribution < 1.29 is 14.2 Å². The van der Waals surface area contributed by atoms with Crippen LogP contribution in [0.3, 0.4) is 0 Å². The van der Waals surface area contributed by atoms with Crippen molar-refractivity contribution in [2.24, 2.45) is 0 Å². The van der Waals surface area contributed by atoms with Gasteiger partial charge in [-0.1, -0.05) is 11.6 Å². The van der Waals surface area contributed by atoms with Crippen molar-refractivity contribution in [3.8, 4) is 0 Å². The maximum Gasteiger partial charge on any atom is 0.146 e. The van der Waals surface area contributed by atoms with Crippen LogP contribution in [0.2, 0.25) is 5.02 Å². The molecule has 3 nitrogen and oxygen atoms in total. The van der Waals surface area contributed by atoms with Gasteiger partial charge in [0.2, 0.25) is 0 Å². The van der Waals surface area contributed by atoms with Crippen molar-refractivity contribution >= 4 is 17.3 Å². The molecule has 0 saturated carbocycles. The summed E-state index contributed by atoms with van der Waals surface area (Å²) in [6.07, 6.45) is -0.608. The third-order valence-corrected chi connectivity index (χ3v) is 2.55. The summed E-state index contributed by atoms with van der Waals surface area (Å²) in [5.41, 5.74) is 0.289. The SMILES string of the molecule is OC1COCC1Nc1cc(Cl)ccc1F. The maximum atomic E-state index is 13.3. The minimum atomic E-state index is -0.608. The number of aliphatic hydroxyl groups excluding tert-OH is 1. The van der Waals surface area contributed by atoms with E-state index < -0.39 is 11.9 Å². The zero-order valence-electron chi connectivity index (χ0n) is 7.91. The van der Waals surface area contributed by atoms with Crippen molar-refractivity contribution in [3.63, 3.8) is 0 Å². The highest BCUT2D eigenvalue weighted by Gasteiger charge is 2.26. The van der Waals surface area contributed by atoms with Crippen molar-refractivity contribution in [3.05, 3.63) is 29.0 Å². The van der Waals surface area contributed by atoms with Crippen molar-refractivity contribution in [2.45, 2.75) is 12.1 Å². The van der Waals surface area contributed by atoms with Crippen LogP contribution in [0.25, 0.3) is 0 Å². The van der Waals surface area contributed by atoms with Gasteiger partial charge in [0.25, 0.3) is 0 Å². The van der Waals surface area contributed by atoms with Gasteiger partial charge in [-0.3, -0.25) is 0 Å². The van der Waals surface area contributed by atoms with Gasteiger partial charge >= 0.3 is 0 Å². The number of aliphatic hydroxyl groups is 1. The Kier molecular flexibility index (Phi) is 3.09. The van der Waals surface area contributed by atoms with Crippen LogP contribution in [-0.4, -0.2) is 30.5 Å². The highest BCUT2D eigenvalue weighted by Crippen LogP contribution is 2.22. The minimum Gasteiger partial charge on any atom is -0.388 e. The maximum absolute atomic E-state index is 13.3. The second kappa shape index (κ2) is 4.35. The van der Waals surface area contributed by atoms with Crippen LogP contribution in [0, 0.1) is 5.82 Å². The molecule has 2 unspecified atom stereocenters. The Morgan fingerprint density at radius 1 is 1.47 bits per heavy atom. The number of anilines is 1. The van der Waals surface area contributed by atoms with Crippen LogP contribution in [-0.2, 0) is 4.74 Å². The van der Waals surface area contributed by atoms with E-state index in [1.807, 2.05) is 0 Å². The summed E-state index contributed by atoms with van der Waals surface area (Å²) in [7, 11) is 0. The third-order valence-electron chi connectivity index (χ3n) is 2.32. The molecule has 1 aromatic rings. The Hall–Kier alpha value is -0.840. The number of ether oxygens (including phenoxy) is 1. The van der Waals surface area contributed by atoms with Crippen LogP contribution in [0.1, 0.15) is 0 Å². The lowest BCUT2D eigenvalue weighted by Crippen LogP contribution is -2.32. The average Bonchev–Trinajstić information content (AvgIpc) is 2.58. The van der Waals surface area contributed by atoms with Crippen molar-refractivity contribution in [1.82, 2.24) is 0 Å². The first kappa shape index (κ1) is 10.7. The zero-order chi connectivity index (χ0) is 10.8.